The summed E-state index contributed by atoms with van der Waals surface area (Å²) in [6.07, 6.45) is 0. The van der Waals surface area contributed by atoms with E-state index in [2.05, 4.69) is 18.1 Å². The average molecular weight is 156 g/mol. The lowest BCUT2D eigenvalue weighted by Gasteiger charge is -2.03. The zero-order chi connectivity index (χ0) is 7.56. The highest BCUT2D eigenvalue weighted by molar-refractivity contribution is 7.80. The Bertz CT molecular complexity index is 239. The van der Waals surface area contributed by atoms with Crippen molar-refractivity contribution in [1.29, 1.82) is 0 Å². The van der Waals surface area contributed by atoms with Crippen LogP contribution >= 0.6 is 12.6 Å². The molecule has 0 aliphatic carbocycles. The van der Waals surface area contributed by atoms with E-state index >= 15 is 0 Å². The predicted octanol–water partition coefficient (Wildman–Crippen LogP) is 0.966. The summed E-state index contributed by atoms with van der Waals surface area (Å²) in [6.45, 7) is 0. The van der Waals surface area contributed by atoms with Crippen LogP contribution in [-0.4, -0.2) is 5.11 Å². The van der Waals surface area contributed by atoms with Crippen molar-refractivity contribution in [2.75, 3.05) is 5.43 Å². The molecule has 0 unspecified atom stereocenters. The van der Waals surface area contributed by atoms with Crippen LogP contribution in [0, 0.1) is 0 Å². The van der Waals surface area contributed by atoms with Gasteiger partial charge in [-0.3, -0.25) is 5.84 Å². The van der Waals surface area contributed by atoms with Gasteiger partial charge in [-0.2, -0.15) is 0 Å². The highest BCUT2D eigenvalue weighted by Crippen LogP contribution is 2.28. The Morgan fingerprint density at radius 3 is 2.70 bits per heavy atom. The number of hydrogen-bond acceptors (Lipinski definition) is 4. The van der Waals surface area contributed by atoms with E-state index in [1.807, 2.05) is 0 Å². The molecule has 0 radical (unpaired) electrons. The Labute approximate surface area is 64.2 Å². The van der Waals surface area contributed by atoms with Crippen LogP contribution < -0.4 is 11.3 Å². The largest absolute Gasteiger partial charge is 0.505 e. The molecule has 0 aliphatic heterocycles. The van der Waals surface area contributed by atoms with Gasteiger partial charge in [-0.1, -0.05) is 6.07 Å². The van der Waals surface area contributed by atoms with Crippen molar-refractivity contribution in [2.24, 2.45) is 5.84 Å². The summed E-state index contributed by atoms with van der Waals surface area (Å²) in [5.41, 5.74) is 2.82. The molecule has 3 nitrogen and oxygen atoms in total. The van der Waals surface area contributed by atoms with Crippen LogP contribution in [0.4, 0.5) is 5.69 Å². The predicted molar refractivity (Wildman–Crippen MR) is 43.2 cm³/mol. The Morgan fingerprint density at radius 1 is 1.50 bits per heavy atom. The molecular formula is C6H8N2OS. The SMILES string of the molecule is NNc1cccc(S)c1O. The maximum atomic E-state index is 9.18. The fourth-order valence-electron chi connectivity index (χ4n) is 0.648. The van der Waals surface area contributed by atoms with Gasteiger partial charge >= 0.3 is 0 Å². The molecule has 0 amide bonds. The van der Waals surface area contributed by atoms with E-state index in [9.17, 15) is 5.11 Å². The number of hydrogen-bond donors (Lipinski definition) is 4. The molecule has 0 saturated carbocycles. The normalized spacial score (nSPS) is 9.40. The maximum Gasteiger partial charge on any atom is 0.153 e. The number of nitrogen functional groups attached to an aromatic ring is 1. The Balaban J connectivity index is 3.14. The van der Waals surface area contributed by atoms with Crippen molar-refractivity contribution in [2.45, 2.75) is 4.90 Å². The molecule has 0 saturated heterocycles. The van der Waals surface area contributed by atoms with Gasteiger partial charge in [0.1, 0.15) is 0 Å². The molecular weight excluding hydrogens is 148 g/mol. The second-order valence-corrected chi connectivity index (χ2v) is 2.30. The molecule has 0 spiro atoms. The Morgan fingerprint density at radius 2 is 2.20 bits per heavy atom. The molecule has 0 heterocycles. The third kappa shape index (κ3) is 1.17. The number of phenolic OH excluding ortho intramolecular Hbond substituents is 1. The van der Waals surface area contributed by atoms with Gasteiger partial charge in [0.2, 0.25) is 0 Å². The molecule has 0 fully saturated rings. The first-order valence-electron chi connectivity index (χ1n) is 2.73. The number of aromatic hydroxyl groups is 1. The summed E-state index contributed by atoms with van der Waals surface area (Å²) < 4.78 is 0. The topological polar surface area (TPSA) is 58.3 Å². The molecule has 4 heteroatoms. The minimum absolute atomic E-state index is 0.0772. The van der Waals surface area contributed by atoms with Crippen molar-refractivity contribution in [3.8, 4) is 5.75 Å². The van der Waals surface area contributed by atoms with E-state index in [1.165, 1.54) is 0 Å². The fourth-order valence-corrected chi connectivity index (χ4v) is 0.854. The summed E-state index contributed by atoms with van der Waals surface area (Å²) in [5.74, 6) is 5.15. The number of anilines is 1. The van der Waals surface area contributed by atoms with Crippen LogP contribution in [0.5, 0.6) is 5.75 Å². The summed E-state index contributed by atoms with van der Waals surface area (Å²) in [6, 6.07) is 5.09. The second kappa shape index (κ2) is 2.81. The number of hydrazine groups is 1. The van der Waals surface area contributed by atoms with Crippen LogP contribution in [0.3, 0.4) is 0 Å². The van der Waals surface area contributed by atoms with Crippen LogP contribution in [0.2, 0.25) is 0 Å². The molecule has 0 aromatic heterocycles. The number of benzene rings is 1. The van der Waals surface area contributed by atoms with Crippen LogP contribution in [0.1, 0.15) is 0 Å². The van der Waals surface area contributed by atoms with E-state index in [0.29, 0.717) is 10.6 Å². The number of nitrogens with two attached hydrogens (primary N) is 1. The Hall–Kier alpha value is -0.870. The van der Waals surface area contributed by atoms with Gasteiger partial charge in [-0.25, -0.2) is 0 Å². The number of thiol groups is 1. The van der Waals surface area contributed by atoms with Gasteiger partial charge in [-0.15, -0.1) is 12.6 Å². The van der Waals surface area contributed by atoms with Crippen LogP contribution in [0.25, 0.3) is 0 Å². The third-order valence-electron chi connectivity index (χ3n) is 1.17. The van der Waals surface area contributed by atoms with Crippen LogP contribution in [-0.2, 0) is 0 Å². The van der Waals surface area contributed by atoms with Crippen molar-refractivity contribution >= 4 is 18.3 Å². The van der Waals surface area contributed by atoms with Crippen molar-refractivity contribution < 1.29 is 5.11 Å². The highest BCUT2D eigenvalue weighted by atomic mass is 32.1. The molecule has 0 atom stereocenters. The van der Waals surface area contributed by atoms with E-state index in [0.717, 1.165) is 0 Å². The average Bonchev–Trinajstić information content (AvgIpc) is 1.95. The van der Waals surface area contributed by atoms with Gasteiger partial charge < -0.3 is 10.5 Å². The molecule has 10 heavy (non-hydrogen) atoms. The second-order valence-electron chi connectivity index (χ2n) is 1.82. The first kappa shape index (κ1) is 7.24. The third-order valence-corrected chi connectivity index (χ3v) is 1.53. The van der Waals surface area contributed by atoms with Gasteiger partial charge in [0.05, 0.1) is 5.69 Å². The number of phenols is 1. The van der Waals surface area contributed by atoms with Gasteiger partial charge in [-0.05, 0) is 12.1 Å². The van der Waals surface area contributed by atoms with E-state index in [-0.39, 0.29) is 5.75 Å². The van der Waals surface area contributed by atoms with Gasteiger partial charge in [0.25, 0.3) is 0 Å². The smallest absolute Gasteiger partial charge is 0.153 e. The first-order chi connectivity index (χ1) is 4.75. The first-order valence-corrected chi connectivity index (χ1v) is 3.18. The van der Waals surface area contributed by atoms with Gasteiger partial charge in [0, 0.05) is 4.90 Å². The maximum absolute atomic E-state index is 9.18. The van der Waals surface area contributed by atoms with Crippen molar-refractivity contribution in [3.05, 3.63) is 18.2 Å². The van der Waals surface area contributed by atoms with E-state index in [1.54, 1.807) is 18.2 Å². The lowest BCUT2D eigenvalue weighted by atomic mass is 10.3. The van der Waals surface area contributed by atoms with Crippen LogP contribution in [0.15, 0.2) is 23.1 Å². The van der Waals surface area contributed by atoms with Crippen molar-refractivity contribution in [1.82, 2.24) is 0 Å². The lowest BCUT2D eigenvalue weighted by Crippen LogP contribution is -2.06. The monoisotopic (exact) mass is 156 g/mol. The minimum atomic E-state index is 0.0772. The number of rotatable bonds is 1. The lowest BCUT2D eigenvalue weighted by molar-refractivity contribution is 0.465. The molecule has 4 N–H and O–H groups in total. The molecule has 1 aromatic carbocycles. The molecule has 1 rings (SSSR count). The Kier molecular flexibility index (Phi) is 2.03. The van der Waals surface area contributed by atoms with E-state index in [4.69, 9.17) is 5.84 Å². The molecule has 1 aromatic rings. The fraction of sp³-hybridized carbons (Fsp3) is 0. The number of para-hydroxylation sites is 1. The summed E-state index contributed by atoms with van der Waals surface area (Å²) in [4.78, 5) is 0.510. The zero-order valence-electron chi connectivity index (χ0n) is 5.20. The summed E-state index contributed by atoms with van der Waals surface area (Å²) in [5, 5.41) is 9.18. The van der Waals surface area contributed by atoms with Gasteiger partial charge in [0.15, 0.2) is 5.75 Å². The number of nitrogens with one attached hydrogen (secondary N) is 1. The highest BCUT2D eigenvalue weighted by Gasteiger charge is 1.99. The molecule has 54 valence electrons. The molecule has 0 aliphatic rings. The zero-order valence-corrected chi connectivity index (χ0v) is 6.10. The summed E-state index contributed by atoms with van der Waals surface area (Å²) in [7, 11) is 0. The summed E-state index contributed by atoms with van der Waals surface area (Å²) >= 11 is 3.98. The van der Waals surface area contributed by atoms with E-state index < -0.39 is 0 Å². The quantitative estimate of drug-likeness (QED) is 0.212. The minimum Gasteiger partial charge on any atom is -0.505 e. The van der Waals surface area contributed by atoms with Crippen molar-refractivity contribution in [3.63, 3.8) is 0 Å². The standard InChI is InChI=1S/C6H8N2OS/c7-8-4-2-1-3-5(10)6(4)9/h1-3,8-10H,7H2. The molecule has 0 bridgehead atoms.